The summed E-state index contributed by atoms with van der Waals surface area (Å²) in [5, 5.41) is 9.87. The van der Waals surface area contributed by atoms with Crippen molar-refractivity contribution in [1.29, 1.82) is 0 Å². The van der Waals surface area contributed by atoms with Gasteiger partial charge in [0.05, 0.1) is 10.7 Å². The Kier molecular flexibility index (Phi) is 4.69. The van der Waals surface area contributed by atoms with Gasteiger partial charge >= 0.3 is 0 Å². The summed E-state index contributed by atoms with van der Waals surface area (Å²) in [6, 6.07) is 4.99. The van der Waals surface area contributed by atoms with Crippen LogP contribution < -0.4 is 4.74 Å². The SMILES string of the molecule is Cc1oc(COc2ccc(Cl)cc2Cl)nc1CCO. The summed E-state index contributed by atoms with van der Waals surface area (Å²) in [4.78, 5) is 4.24. The van der Waals surface area contributed by atoms with Crippen LogP contribution >= 0.6 is 23.2 Å². The first-order valence-electron chi connectivity index (χ1n) is 5.74. The molecule has 0 aliphatic carbocycles. The number of aliphatic hydroxyl groups excluding tert-OH is 1. The van der Waals surface area contributed by atoms with E-state index in [-0.39, 0.29) is 13.2 Å². The Bertz CT molecular complexity index is 569. The Morgan fingerprint density at radius 2 is 2.16 bits per heavy atom. The maximum absolute atomic E-state index is 8.88. The highest BCUT2D eigenvalue weighted by Gasteiger charge is 2.10. The number of rotatable bonds is 5. The minimum Gasteiger partial charge on any atom is -0.482 e. The average molecular weight is 302 g/mol. The zero-order chi connectivity index (χ0) is 13.8. The van der Waals surface area contributed by atoms with Crippen molar-refractivity contribution in [3.63, 3.8) is 0 Å². The number of ether oxygens (including phenoxy) is 1. The van der Waals surface area contributed by atoms with Crippen LogP contribution in [0, 0.1) is 6.92 Å². The first kappa shape index (κ1) is 14.2. The number of hydrogen-bond donors (Lipinski definition) is 1. The zero-order valence-corrected chi connectivity index (χ0v) is 11.8. The van der Waals surface area contributed by atoms with E-state index in [1.54, 1.807) is 25.1 Å². The molecular formula is C13H13Cl2NO3. The second-order valence-electron chi connectivity index (χ2n) is 3.95. The number of aryl methyl sites for hydroxylation is 1. The monoisotopic (exact) mass is 301 g/mol. The van der Waals surface area contributed by atoms with Crippen LogP contribution in [0.5, 0.6) is 5.75 Å². The van der Waals surface area contributed by atoms with E-state index >= 15 is 0 Å². The topological polar surface area (TPSA) is 55.5 Å². The van der Waals surface area contributed by atoms with Gasteiger partial charge in [-0.1, -0.05) is 23.2 Å². The molecule has 0 amide bonds. The van der Waals surface area contributed by atoms with Crippen LogP contribution in [0.15, 0.2) is 22.6 Å². The third-order valence-corrected chi connectivity index (χ3v) is 3.06. The van der Waals surface area contributed by atoms with Gasteiger partial charge in [-0.05, 0) is 25.1 Å². The van der Waals surface area contributed by atoms with E-state index in [0.29, 0.717) is 33.9 Å². The molecule has 1 aromatic heterocycles. The molecule has 2 aromatic rings. The lowest BCUT2D eigenvalue weighted by atomic mass is 10.3. The van der Waals surface area contributed by atoms with Gasteiger partial charge in [-0.2, -0.15) is 0 Å². The van der Waals surface area contributed by atoms with Crippen LogP contribution in [0.4, 0.5) is 0 Å². The molecule has 0 unspecified atom stereocenters. The van der Waals surface area contributed by atoms with Crippen LogP contribution in [0.2, 0.25) is 10.0 Å². The van der Waals surface area contributed by atoms with Crippen LogP contribution in [-0.4, -0.2) is 16.7 Å². The number of nitrogens with zero attached hydrogens (tertiary/aromatic N) is 1. The molecule has 19 heavy (non-hydrogen) atoms. The minimum absolute atomic E-state index is 0.0384. The molecular weight excluding hydrogens is 289 g/mol. The van der Waals surface area contributed by atoms with Gasteiger partial charge in [0.25, 0.3) is 0 Å². The van der Waals surface area contributed by atoms with Crippen molar-refractivity contribution in [1.82, 2.24) is 4.98 Å². The summed E-state index contributed by atoms with van der Waals surface area (Å²) >= 11 is 11.8. The number of benzene rings is 1. The first-order chi connectivity index (χ1) is 9.10. The van der Waals surface area contributed by atoms with Crippen molar-refractivity contribution in [2.45, 2.75) is 20.0 Å². The van der Waals surface area contributed by atoms with Gasteiger partial charge in [-0.25, -0.2) is 4.98 Å². The van der Waals surface area contributed by atoms with E-state index in [4.69, 9.17) is 37.5 Å². The van der Waals surface area contributed by atoms with E-state index < -0.39 is 0 Å². The minimum atomic E-state index is 0.0384. The Morgan fingerprint density at radius 1 is 1.37 bits per heavy atom. The summed E-state index contributed by atoms with van der Waals surface area (Å²) in [6.45, 7) is 2.01. The molecule has 0 saturated carbocycles. The van der Waals surface area contributed by atoms with Gasteiger partial charge in [0.1, 0.15) is 11.5 Å². The molecule has 0 atom stereocenters. The fourth-order valence-electron chi connectivity index (χ4n) is 1.62. The number of aromatic nitrogens is 1. The van der Waals surface area contributed by atoms with Crippen molar-refractivity contribution < 1.29 is 14.3 Å². The van der Waals surface area contributed by atoms with E-state index in [9.17, 15) is 0 Å². The van der Waals surface area contributed by atoms with Gasteiger partial charge in [0.15, 0.2) is 6.61 Å². The van der Waals surface area contributed by atoms with E-state index in [2.05, 4.69) is 4.98 Å². The van der Waals surface area contributed by atoms with Crippen molar-refractivity contribution in [3.05, 3.63) is 45.6 Å². The van der Waals surface area contributed by atoms with Crippen LogP contribution in [0.3, 0.4) is 0 Å². The molecule has 0 bridgehead atoms. The highest BCUT2D eigenvalue weighted by molar-refractivity contribution is 6.35. The number of halogens is 2. The van der Waals surface area contributed by atoms with Gasteiger partial charge in [0.2, 0.25) is 5.89 Å². The molecule has 4 nitrogen and oxygen atoms in total. The largest absolute Gasteiger partial charge is 0.482 e. The second-order valence-corrected chi connectivity index (χ2v) is 4.79. The zero-order valence-electron chi connectivity index (χ0n) is 10.3. The number of aliphatic hydroxyl groups is 1. The third kappa shape index (κ3) is 3.62. The van der Waals surface area contributed by atoms with Crippen molar-refractivity contribution >= 4 is 23.2 Å². The van der Waals surface area contributed by atoms with Crippen LogP contribution in [-0.2, 0) is 13.0 Å². The van der Waals surface area contributed by atoms with E-state index in [0.717, 1.165) is 5.69 Å². The Morgan fingerprint density at radius 3 is 2.84 bits per heavy atom. The maximum Gasteiger partial charge on any atom is 0.232 e. The first-order valence-corrected chi connectivity index (χ1v) is 6.49. The highest BCUT2D eigenvalue weighted by atomic mass is 35.5. The molecule has 2 rings (SSSR count). The highest BCUT2D eigenvalue weighted by Crippen LogP contribution is 2.28. The van der Waals surface area contributed by atoms with Crippen molar-refractivity contribution in [2.24, 2.45) is 0 Å². The molecule has 0 fully saturated rings. The Hall–Kier alpha value is -1.23. The van der Waals surface area contributed by atoms with Gasteiger partial charge in [-0.3, -0.25) is 0 Å². The van der Waals surface area contributed by atoms with Crippen LogP contribution in [0.25, 0.3) is 0 Å². The average Bonchev–Trinajstić information content (AvgIpc) is 2.70. The summed E-state index contributed by atoms with van der Waals surface area (Å²) in [5.74, 6) is 1.66. The molecule has 0 aliphatic heterocycles. The predicted octanol–water partition coefficient (Wildman–Crippen LogP) is 3.40. The Balaban J connectivity index is 2.04. The van der Waals surface area contributed by atoms with Gasteiger partial charge in [-0.15, -0.1) is 0 Å². The standard InChI is InChI=1S/C13H13Cl2NO3/c1-8-11(4-5-17)16-13(19-8)7-18-12-3-2-9(14)6-10(12)15/h2-3,6,17H,4-5,7H2,1H3. The molecule has 1 N–H and O–H groups in total. The van der Waals surface area contributed by atoms with Gasteiger partial charge in [0, 0.05) is 18.1 Å². The molecule has 0 spiro atoms. The van der Waals surface area contributed by atoms with E-state index in [1.807, 2.05) is 0 Å². The molecule has 0 aliphatic rings. The number of oxazole rings is 1. The van der Waals surface area contributed by atoms with Gasteiger partial charge < -0.3 is 14.3 Å². The third-order valence-electron chi connectivity index (χ3n) is 2.53. The molecule has 1 aromatic carbocycles. The molecule has 102 valence electrons. The predicted molar refractivity (Wildman–Crippen MR) is 72.8 cm³/mol. The molecule has 1 heterocycles. The summed E-state index contributed by atoms with van der Waals surface area (Å²) in [6.07, 6.45) is 0.469. The van der Waals surface area contributed by atoms with Crippen molar-refractivity contribution in [2.75, 3.05) is 6.61 Å². The fourth-order valence-corrected chi connectivity index (χ4v) is 2.08. The second kappa shape index (κ2) is 6.28. The fraction of sp³-hybridized carbons (Fsp3) is 0.308. The molecule has 6 heteroatoms. The Labute approximate surface area is 120 Å². The van der Waals surface area contributed by atoms with E-state index in [1.165, 1.54) is 0 Å². The van der Waals surface area contributed by atoms with Crippen LogP contribution in [0.1, 0.15) is 17.3 Å². The molecule has 0 saturated heterocycles. The lowest BCUT2D eigenvalue weighted by Crippen LogP contribution is -1.97. The summed E-state index contributed by atoms with van der Waals surface area (Å²) in [7, 11) is 0. The summed E-state index contributed by atoms with van der Waals surface area (Å²) < 4.78 is 11.0. The smallest absolute Gasteiger partial charge is 0.232 e. The van der Waals surface area contributed by atoms with Crippen molar-refractivity contribution in [3.8, 4) is 5.75 Å². The quantitative estimate of drug-likeness (QED) is 0.919. The number of hydrogen-bond acceptors (Lipinski definition) is 4. The summed E-state index contributed by atoms with van der Waals surface area (Å²) in [5.41, 5.74) is 0.739. The maximum atomic E-state index is 8.88. The lowest BCUT2D eigenvalue weighted by molar-refractivity contribution is 0.260. The molecule has 0 radical (unpaired) electrons. The normalized spacial score (nSPS) is 10.7. The lowest BCUT2D eigenvalue weighted by Gasteiger charge is -2.05.